The fourth-order valence-corrected chi connectivity index (χ4v) is 3.36. The molecule has 0 bridgehead atoms. The highest BCUT2D eigenvalue weighted by atomic mass is 79.9. The molecule has 1 aliphatic heterocycles. The highest BCUT2D eigenvalue weighted by Gasteiger charge is 2.14. The number of methoxy groups -OCH3 is 1. The Kier molecular flexibility index (Phi) is 6.63. The Hall–Kier alpha value is -1.92. The van der Waals surface area contributed by atoms with Gasteiger partial charge in [-0.25, -0.2) is 0 Å². The average molecular weight is 422 g/mol. The third-order valence-corrected chi connectivity index (χ3v) is 4.62. The van der Waals surface area contributed by atoms with E-state index in [0.29, 0.717) is 31.3 Å². The third-order valence-electron chi connectivity index (χ3n) is 4.03. The summed E-state index contributed by atoms with van der Waals surface area (Å²) in [5, 5.41) is 3.39. The van der Waals surface area contributed by atoms with Gasteiger partial charge in [0.1, 0.15) is 19.8 Å². The number of hydrogen-bond donors (Lipinski definition) is 1. The molecule has 140 valence electrons. The summed E-state index contributed by atoms with van der Waals surface area (Å²) in [6, 6.07) is 9.92. The van der Waals surface area contributed by atoms with E-state index in [9.17, 15) is 0 Å². The SMILES string of the molecule is CCCNCc1cc(Br)c(OCc2ccc3c(c2)OCCO3)c(OC)c1. The van der Waals surface area contributed by atoms with E-state index in [1.54, 1.807) is 7.11 Å². The molecule has 0 radical (unpaired) electrons. The first-order valence-corrected chi connectivity index (χ1v) is 9.59. The van der Waals surface area contributed by atoms with Crippen LogP contribution in [0.5, 0.6) is 23.0 Å². The van der Waals surface area contributed by atoms with Gasteiger partial charge in [-0.2, -0.15) is 0 Å². The highest BCUT2D eigenvalue weighted by molar-refractivity contribution is 9.10. The quantitative estimate of drug-likeness (QED) is 0.643. The van der Waals surface area contributed by atoms with E-state index in [1.807, 2.05) is 24.3 Å². The third kappa shape index (κ3) is 4.62. The highest BCUT2D eigenvalue weighted by Crippen LogP contribution is 2.38. The molecule has 1 aliphatic rings. The fraction of sp³-hybridized carbons (Fsp3) is 0.400. The monoisotopic (exact) mass is 421 g/mol. The summed E-state index contributed by atoms with van der Waals surface area (Å²) >= 11 is 3.60. The van der Waals surface area contributed by atoms with Gasteiger partial charge in [-0.1, -0.05) is 13.0 Å². The van der Waals surface area contributed by atoms with Crippen molar-refractivity contribution in [1.82, 2.24) is 5.32 Å². The molecule has 1 N–H and O–H groups in total. The van der Waals surface area contributed by atoms with Crippen LogP contribution in [0.15, 0.2) is 34.8 Å². The standard InChI is InChI=1S/C20H24BrNO4/c1-3-6-22-12-15-9-16(21)20(19(11-15)23-2)26-13-14-4-5-17-18(10-14)25-8-7-24-17/h4-5,9-11,22H,3,6-8,12-13H2,1-2H3. The molecule has 6 heteroatoms. The van der Waals surface area contributed by atoms with Gasteiger partial charge in [0.15, 0.2) is 23.0 Å². The van der Waals surface area contributed by atoms with Gasteiger partial charge in [-0.3, -0.25) is 0 Å². The second kappa shape index (κ2) is 9.14. The summed E-state index contributed by atoms with van der Waals surface area (Å²) in [7, 11) is 1.65. The Morgan fingerprint density at radius 3 is 2.65 bits per heavy atom. The van der Waals surface area contributed by atoms with Crippen LogP contribution in [-0.4, -0.2) is 26.9 Å². The van der Waals surface area contributed by atoms with E-state index in [4.69, 9.17) is 18.9 Å². The predicted octanol–water partition coefficient (Wildman–Crippen LogP) is 4.31. The number of ether oxygens (including phenoxy) is 4. The summed E-state index contributed by atoms with van der Waals surface area (Å²) in [4.78, 5) is 0. The van der Waals surface area contributed by atoms with Gasteiger partial charge in [0, 0.05) is 6.54 Å². The van der Waals surface area contributed by atoms with Crippen LogP contribution in [0, 0.1) is 0 Å². The van der Waals surface area contributed by atoms with Gasteiger partial charge in [0.05, 0.1) is 11.6 Å². The number of rotatable bonds is 8. The molecule has 0 spiro atoms. The van der Waals surface area contributed by atoms with Crippen molar-refractivity contribution in [3.63, 3.8) is 0 Å². The Labute approximate surface area is 162 Å². The minimum absolute atomic E-state index is 0.416. The van der Waals surface area contributed by atoms with Gasteiger partial charge in [-0.15, -0.1) is 0 Å². The van der Waals surface area contributed by atoms with E-state index in [-0.39, 0.29) is 0 Å². The summed E-state index contributed by atoms with van der Waals surface area (Å²) in [5.41, 5.74) is 2.16. The van der Waals surface area contributed by atoms with Crippen molar-refractivity contribution in [2.45, 2.75) is 26.5 Å². The molecular formula is C20H24BrNO4. The first kappa shape index (κ1) is 18.9. The van der Waals surface area contributed by atoms with Crippen molar-refractivity contribution in [1.29, 1.82) is 0 Å². The zero-order chi connectivity index (χ0) is 18.4. The molecule has 5 nitrogen and oxygen atoms in total. The molecule has 2 aromatic rings. The largest absolute Gasteiger partial charge is 0.493 e. The predicted molar refractivity (Wildman–Crippen MR) is 104 cm³/mol. The maximum atomic E-state index is 6.03. The van der Waals surface area contributed by atoms with Crippen LogP contribution >= 0.6 is 15.9 Å². The lowest BCUT2D eigenvalue weighted by Crippen LogP contribution is -2.15. The summed E-state index contributed by atoms with van der Waals surface area (Å²) < 4.78 is 23.6. The van der Waals surface area contributed by atoms with Gasteiger partial charge < -0.3 is 24.3 Å². The summed E-state index contributed by atoms with van der Waals surface area (Å²) in [6.07, 6.45) is 1.11. The molecule has 1 heterocycles. The first-order chi connectivity index (χ1) is 12.7. The smallest absolute Gasteiger partial charge is 0.175 e. The van der Waals surface area contributed by atoms with E-state index >= 15 is 0 Å². The van der Waals surface area contributed by atoms with Crippen LogP contribution in [0.1, 0.15) is 24.5 Å². The number of benzene rings is 2. The lowest BCUT2D eigenvalue weighted by atomic mass is 10.2. The zero-order valence-corrected chi connectivity index (χ0v) is 16.7. The average Bonchev–Trinajstić information content (AvgIpc) is 2.67. The van der Waals surface area contributed by atoms with Gasteiger partial charge in [0.2, 0.25) is 0 Å². The molecule has 0 aromatic heterocycles. The lowest BCUT2D eigenvalue weighted by Gasteiger charge is -2.19. The number of hydrogen-bond acceptors (Lipinski definition) is 5. The van der Waals surface area contributed by atoms with E-state index in [1.165, 1.54) is 0 Å². The van der Waals surface area contributed by atoms with Crippen LogP contribution in [0.2, 0.25) is 0 Å². The molecule has 0 aliphatic carbocycles. The Morgan fingerprint density at radius 2 is 1.88 bits per heavy atom. The molecule has 26 heavy (non-hydrogen) atoms. The van der Waals surface area contributed by atoms with E-state index in [0.717, 1.165) is 46.6 Å². The maximum absolute atomic E-state index is 6.03. The molecule has 0 unspecified atom stereocenters. The lowest BCUT2D eigenvalue weighted by molar-refractivity contribution is 0.171. The van der Waals surface area contributed by atoms with E-state index in [2.05, 4.69) is 34.2 Å². The molecular weight excluding hydrogens is 398 g/mol. The Morgan fingerprint density at radius 1 is 1.08 bits per heavy atom. The molecule has 0 saturated heterocycles. The van der Waals surface area contributed by atoms with Gasteiger partial charge in [-0.05, 0) is 64.3 Å². The van der Waals surface area contributed by atoms with Crippen molar-refractivity contribution in [3.8, 4) is 23.0 Å². The first-order valence-electron chi connectivity index (χ1n) is 8.79. The number of halogens is 1. The van der Waals surface area contributed by atoms with Crippen molar-refractivity contribution < 1.29 is 18.9 Å². The summed E-state index contributed by atoms with van der Waals surface area (Å²) in [6.45, 7) is 5.52. The minimum Gasteiger partial charge on any atom is -0.493 e. The molecule has 0 amide bonds. The van der Waals surface area contributed by atoms with Gasteiger partial charge in [0.25, 0.3) is 0 Å². The molecule has 0 saturated carbocycles. The molecule has 0 atom stereocenters. The van der Waals surface area contributed by atoms with Crippen LogP contribution in [-0.2, 0) is 13.2 Å². The molecule has 0 fully saturated rings. The Balaban J connectivity index is 1.70. The van der Waals surface area contributed by atoms with Crippen LogP contribution in [0.25, 0.3) is 0 Å². The van der Waals surface area contributed by atoms with Crippen LogP contribution < -0.4 is 24.3 Å². The minimum atomic E-state index is 0.416. The second-order valence-corrected chi connectivity index (χ2v) is 6.91. The maximum Gasteiger partial charge on any atom is 0.175 e. The molecule has 3 rings (SSSR count). The van der Waals surface area contributed by atoms with Crippen LogP contribution in [0.3, 0.4) is 0 Å². The fourth-order valence-electron chi connectivity index (χ4n) is 2.76. The normalized spacial score (nSPS) is 12.7. The zero-order valence-electron chi connectivity index (χ0n) is 15.1. The Bertz CT molecular complexity index is 751. The van der Waals surface area contributed by atoms with Crippen molar-refractivity contribution in [3.05, 3.63) is 45.9 Å². The van der Waals surface area contributed by atoms with Crippen molar-refractivity contribution in [2.24, 2.45) is 0 Å². The molecule has 2 aromatic carbocycles. The van der Waals surface area contributed by atoms with Crippen LogP contribution in [0.4, 0.5) is 0 Å². The van der Waals surface area contributed by atoms with Crippen molar-refractivity contribution in [2.75, 3.05) is 26.9 Å². The number of fused-ring (bicyclic) bond motifs is 1. The number of nitrogens with one attached hydrogen (secondary N) is 1. The van der Waals surface area contributed by atoms with E-state index < -0.39 is 0 Å². The summed E-state index contributed by atoms with van der Waals surface area (Å²) in [5.74, 6) is 2.95. The topological polar surface area (TPSA) is 49.0 Å². The van der Waals surface area contributed by atoms with Crippen molar-refractivity contribution >= 4 is 15.9 Å². The van der Waals surface area contributed by atoms with Gasteiger partial charge >= 0.3 is 0 Å². The second-order valence-electron chi connectivity index (χ2n) is 6.05.